The van der Waals surface area contributed by atoms with Gasteiger partial charge in [0.1, 0.15) is 11.5 Å². The van der Waals surface area contributed by atoms with E-state index >= 15 is 0 Å². The smallest absolute Gasteiger partial charge is 0.317 e. The van der Waals surface area contributed by atoms with Gasteiger partial charge in [0.15, 0.2) is 0 Å². The summed E-state index contributed by atoms with van der Waals surface area (Å²) in [5.41, 5.74) is 1.34. The summed E-state index contributed by atoms with van der Waals surface area (Å²) >= 11 is 0. The molecule has 0 aromatic heterocycles. The Hall–Kier alpha value is -2.53. The predicted octanol–water partition coefficient (Wildman–Crippen LogP) is 6.63. The molecule has 190 valence electrons. The number of nitrogens with one attached hydrogen (secondary N) is 1. The SMILES string of the molecule is CCCCN(C(=O)NC1CCCCC1)C1CCN(CCc2ccc(Oc3ccccc3)cc2)CC1. The lowest BCUT2D eigenvalue weighted by Gasteiger charge is -2.39. The topological polar surface area (TPSA) is 44.8 Å². The largest absolute Gasteiger partial charge is 0.457 e. The molecule has 2 aliphatic rings. The maximum Gasteiger partial charge on any atom is 0.317 e. The lowest BCUT2D eigenvalue weighted by atomic mass is 9.95. The summed E-state index contributed by atoms with van der Waals surface area (Å²) in [5.74, 6) is 1.74. The first kappa shape index (κ1) is 25.6. The Morgan fingerprint density at radius 1 is 0.943 bits per heavy atom. The predicted molar refractivity (Wildman–Crippen MR) is 143 cm³/mol. The van der Waals surface area contributed by atoms with Gasteiger partial charge in [0, 0.05) is 38.3 Å². The molecule has 1 N–H and O–H groups in total. The minimum atomic E-state index is 0.182. The molecule has 1 saturated heterocycles. The van der Waals surface area contributed by atoms with Gasteiger partial charge in [-0.25, -0.2) is 4.79 Å². The van der Waals surface area contributed by atoms with Crippen molar-refractivity contribution in [1.29, 1.82) is 0 Å². The van der Waals surface area contributed by atoms with E-state index in [0.29, 0.717) is 12.1 Å². The summed E-state index contributed by atoms with van der Waals surface area (Å²) in [5, 5.41) is 3.37. The summed E-state index contributed by atoms with van der Waals surface area (Å²) in [4.78, 5) is 17.9. The van der Waals surface area contributed by atoms with Gasteiger partial charge in [0.05, 0.1) is 0 Å². The number of hydrogen-bond acceptors (Lipinski definition) is 3. The summed E-state index contributed by atoms with van der Waals surface area (Å²) in [6.07, 6.45) is 11.5. The molecule has 1 aliphatic carbocycles. The first-order chi connectivity index (χ1) is 17.2. The number of likely N-dealkylation sites (tertiary alicyclic amines) is 1. The van der Waals surface area contributed by atoms with Crippen LogP contribution >= 0.6 is 0 Å². The third-order valence-corrected chi connectivity index (χ3v) is 7.56. The molecule has 0 bridgehead atoms. The van der Waals surface area contributed by atoms with Gasteiger partial charge >= 0.3 is 6.03 Å². The zero-order valence-corrected chi connectivity index (χ0v) is 21.5. The molecule has 0 radical (unpaired) electrons. The number of amides is 2. The molecule has 5 heteroatoms. The highest BCUT2D eigenvalue weighted by Crippen LogP contribution is 2.23. The Labute approximate surface area is 211 Å². The molecule has 2 amide bonds. The summed E-state index contributed by atoms with van der Waals surface area (Å²) in [6, 6.07) is 19.3. The minimum absolute atomic E-state index is 0.182. The molecule has 1 aliphatic heterocycles. The molecule has 0 spiro atoms. The number of benzene rings is 2. The van der Waals surface area contributed by atoms with Crippen molar-refractivity contribution in [2.75, 3.05) is 26.2 Å². The van der Waals surface area contributed by atoms with Crippen molar-refractivity contribution in [1.82, 2.24) is 15.1 Å². The second-order valence-corrected chi connectivity index (χ2v) is 10.2. The third-order valence-electron chi connectivity index (χ3n) is 7.56. The molecular formula is C30H43N3O2. The third kappa shape index (κ3) is 7.99. The zero-order valence-electron chi connectivity index (χ0n) is 21.5. The minimum Gasteiger partial charge on any atom is -0.457 e. The van der Waals surface area contributed by atoms with Gasteiger partial charge in [-0.05, 0) is 68.4 Å². The van der Waals surface area contributed by atoms with Crippen LogP contribution in [0.1, 0.15) is 70.3 Å². The van der Waals surface area contributed by atoms with Gasteiger partial charge in [-0.3, -0.25) is 0 Å². The van der Waals surface area contributed by atoms with Crippen LogP contribution in [0.15, 0.2) is 54.6 Å². The van der Waals surface area contributed by atoms with Crippen molar-refractivity contribution in [3.63, 3.8) is 0 Å². The molecule has 0 atom stereocenters. The Morgan fingerprint density at radius 3 is 2.31 bits per heavy atom. The normalized spacial score (nSPS) is 17.7. The molecule has 2 aromatic carbocycles. The van der Waals surface area contributed by atoms with Crippen molar-refractivity contribution in [2.24, 2.45) is 0 Å². The van der Waals surface area contributed by atoms with Gasteiger partial charge < -0.3 is 19.9 Å². The van der Waals surface area contributed by atoms with Crippen LogP contribution < -0.4 is 10.1 Å². The fraction of sp³-hybridized carbons (Fsp3) is 0.567. The molecule has 1 saturated carbocycles. The van der Waals surface area contributed by atoms with Crippen molar-refractivity contribution in [3.8, 4) is 11.5 Å². The summed E-state index contributed by atoms with van der Waals surface area (Å²) < 4.78 is 5.91. The van der Waals surface area contributed by atoms with Crippen LogP contribution in [0.4, 0.5) is 4.79 Å². The van der Waals surface area contributed by atoms with Gasteiger partial charge in [0.25, 0.3) is 0 Å². The van der Waals surface area contributed by atoms with Crippen LogP contribution in [0.2, 0.25) is 0 Å². The molecule has 2 fully saturated rings. The van der Waals surface area contributed by atoms with Crippen LogP contribution in [0, 0.1) is 0 Å². The second-order valence-electron chi connectivity index (χ2n) is 10.2. The number of urea groups is 1. The highest BCUT2D eigenvalue weighted by Gasteiger charge is 2.29. The van der Waals surface area contributed by atoms with E-state index < -0.39 is 0 Å². The van der Waals surface area contributed by atoms with Crippen molar-refractivity contribution in [3.05, 3.63) is 60.2 Å². The monoisotopic (exact) mass is 477 g/mol. The van der Waals surface area contributed by atoms with Crippen molar-refractivity contribution < 1.29 is 9.53 Å². The number of hydrogen-bond donors (Lipinski definition) is 1. The molecule has 35 heavy (non-hydrogen) atoms. The maximum absolute atomic E-state index is 13.1. The second kappa shape index (κ2) is 13.5. The fourth-order valence-corrected chi connectivity index (χ4v) is 5.37. The highest BCUT2D eigenvalue weighted by molar-refractivity contribution is 5.75. The summed E-state index contributed by atoms with van der Waals surface area (Å²) in [7, 11) is 0. The fourth-order valence-electron chi connectivity index (χ4n) is 5.37. The van der Waals surface area contributed by atoms with Gasteiger partial charge in [-0.15, -0.1) is 0 Å². The van der Waals surface area contributed by atoms with E-state index in [1.807, 2.05) is 30.3 Å². The number of ether oxygens (including phenoxy) is 1. The number of unbranched alkanes of at least 4 members (excludes halogenated alkanes) is 1. The standard InChI is InChI=1S/C30H43N3O2/c1-2-3-21-33(30(34)31-26-10-6-4-7-11-26)27-19-23-32(24-20-27)22-18-25-14-16-29(17-15-25)35-28-12-8-5-9-13-28/h5,8-9,12-17,26-27H,2-4,6-7,10-11,18-24H2,1H3,(H,31,34). The zero-order chi connectivity index (χ0) is 24.3. The molecule has 5 nitrogen and oxygen atoms in total. The van der Waals surface area contributed by atoms with E-state index in [2.05, 4.69) is 46.3 Å². The molecule has 2 aromatic rings. The van der Waals surface area contributed by atoms with Crippen molar-refractivity contribution >= 4 is 6.03 Å². The number of rotatable bonds is 10. The van der Waals surface area contributed by atoms with E-state index in [-0.39, 0.29) is 6.03 Å². The van der Waals surface area contributed by atoms with E-state index in [1.165, 1.54) is 24.8 Å². The first-order valence-corrected chi connectivity index (χ1v) is 13.8. The van der Waals surface area contributed by atoms with Crippen LogP contribution in [-0.4, -0.2) is 54.1 Å². The maximum atomic E-state index is 13.1. The van der Waals surface area contributed by atoms with E-state index in [9.17, 15) is 4.79 Å². The van der Waals surface area contributed by atoms with Crippen LogP contribution in [-0.2, 0) is 6.42 Å². The van der Waals surface area contributed by atoms with E-state index in [1.54, 1.807) is 0 Å². The van der Waals surface area contributed by atoms with Crippen molar-refractivity contribution in [2.45, 2.75) is 83.2 Å². The number of para-hydroxylation sites is 1. The van der Waals surface area contributed by atoms with Gasteiger partial charge in [-0.1, -0.05) is 62.9 Å². The van der Waals surface area contributed by atoms with E-state index in [4.69, 9.17) is 4.74 Å². The number of nitrogens with zero attached hydrogens (tertiary/aromatic N) is 2. The molecule has 4 rings (SSSR count). The molecule has 1 heterocycles. The Bertz CT molecular complexity index is 872. The molecular weight excluding hydrogens is 434 g/mol. The number of piperidine rings is 1. The average Bonchev–Trinajstić information content (AvgIpc) is 2.90. The molecule has 0 unspecified atom stereocenters. The first-order valence-electron chi connectivity index (χ1n) is 13.8. The van der Waals surface area contributed by atoms with Crippen LogP contribution in [0.3, 0.4) is 0 Å². The quantitative estimate of drug-likeness (QED) is 0.418. The average molecular weight is 478 g/mol. The van der Waals surface area contributed by atoms with Crippen LogP contribution in [0.25, 0.3) is 0 Å². The number of carbonyl (C=O) groups excluding carboxylic acids is 1. The lowest BCUT2D eigenvalue weighted by Crippen LogP contribution is -2.53. The Kier molecular flexibility index (Phi) is 9.88. The lowest BCUT2D eigenvalue weighted by molar-refractivity contribution is 0.117. The van der Waals surface area contributed by atoms with Gasteiger partial charge in [0.2, 0.25) is 0 Å². The van der Waals surface area contributed by atoms with Crippen LogP contribution in [0.5, 0.6) is 11.5 Å². The summed E-state index contributed by atoms with van der Waals surface area (Å²) in [6.45, 7) is 6.30. The number of carbonyl (C=O) groups is 1. The Balaban J connectivity index is 1.22. The van der Waals surface area contributed by atoms with E-state index in [0.717, 1.165) is 82.6 Å². The van der Waals surface area contributed by atoms with Gasteiger partial charge in [-0.2, -0.15) is 0 Å². The Morgan fingerprint density at radius 2 is 1.63 bits per heavy atom. The highest BCUT2D eigenvalue weighted by atomic mass is 16.5.